The fourth-order valence-electron chi connectivity index (χ4n) is 4.89. The summed E-state index contributed by atoms with van der Waals surface area (Å²) in [5.41, 5.74) is 2.02. The van der Waals surface area contributed by atoms with Crippen molar-refractivity contribution in [1.82, 2.24) is 25.3 Å². The lowest BCUT2D eigenvalue weighted by molar-refractivity contribution is -0.00951. The van der Waals surface area contributed by atoms with Gasteiger partial charge >= 0.3 is 0 Å². The zero-order valence-corrected chi connectivity index (χ0v) is 17.8. The van der Waals surface area contributed by atoms with Crippen LogP contribution < -0.4 is 10.1 Å². The first kappa shape index (κ1) is 19.9. The van der Waals surface area contributed by atoms with E-state index in [1.165, 1.54) is 0 Å². The molecule has 2 fully saturated rings. The van der Waals surface area contributed by atoms with E-state index in [2.05, 4.69) is 27.5 Å². The molecule has 162 valence electrons. The number of nitrogens with one attached hydrogen (secondary N) is 1. The van der Waals surface area contributed by atoms with Crippen LogP contribution in [0.3, 0.4) is 0 Å². The topological polar surface area (TPSA) is 85.1 Å². The maximum atomic E-state index is 15.1. The number of hydrogen-bond acceptors (Lipinski definition) is 6. The fraction of sp³-hybridized carbons (Fsp3) is 0.435. The van der Waals surface area contributed by atoms with Crippen LogP contribution >= 0.6 is 0 Å². The largest absolute Gasteiger partial charge is 0.507 e. The van der Waals surface area contributed by atoms with E-state index in [4.69, 9.17) is 4.74 Å². The minimum absolute atomic E-state index is 0.0771. The van der Waals surface area contributed by atoms with Gasteiger partial charge in [0.2, 0.25) is 5.88 Å². The van der Waals surface area contributed by atoms with Crippen molar-refractivity contribution >= 4 is 0 Å². The Labute approximate surface area is 180 Å². The van der Waals surface area contributed by atoms with Gasteiger partial charge in [-0.05, 0) is 57.9 Å². The van der Waals surface area contributed by atoms with E-state index in [0.29, 0.717) is 17.7 Å². The second-order valence-electron chi connectivity index (χ2n) is 9.23. The lowest BCUT2D eigenvalue weighted by Gasteiger charge is -2.43. The van der Waals surface area contributed by atoms with Crippen molar-refractivity contribution < 1.29 is 14.2 Å². The van der Waals surface area contributed by atoms with Gasteiger partial charge in [0.05, 0.1) is 22.6 Å². The molecule has 2 saturated heterocycles. The zero-order valence-electron chi connectivity index (χ0n) is 17.8. The summed E-state index contributed by atoms with van der Waals surface area (Å²) in [7, 11) is 0. The molecule has 2 aromatic heterocycles. The number of fused-ring (bicyclic) bond motifs is 2. The normalized spacial score (nSPS) is 29.8. The number of piperidine rings is 1. The smallest absolute Gasteiger partial charge is 0.233 e. The monoisotopic (exact) mass is 423 g/mol. The summed E-state index contributed by atoms with van der Waals surface area (Å²) in [5, 5.41) is 26.6. The number of hydrogen-bond donors (Lipinski definition) is 2. The molecule has 4 atom stereocenters. The average molecular weight is 423 g/mol. The van der Waals surface area contributed by atoms with Crippen LogP contribution in [0, 0.1) is 6.92 Å². The molecule has 0 radical (unpaired) electrons. The summed E-state index contributed by atoms with van der Waals surface area (Å²) < 4.78 is 22.7. The van der Waals surface area contributed by atoms with E-state index < -0.39 is 17.8 Å². The Bertz CT molecular complexity index is 1120. The minimum atomic E-state index is -1.12. The molecule has 0 saturated carbocycles. The summed E-state index contributed by atoms with van der Waals surface area (Å²) in [4.78, 5) is 0. The minimum Gasteiger partial charge on any atom is -0.507 e. The standard InChI is InChI=1S/C23H26FN5O2/c1-14-8-11-29(27-14)15-4-5-16(18(30)12-15)17-6-7-20(26-25-17)31-19-13-22(2)9-10-23(3,28-22)21(19)24/h4-8,11-12,19,21,28,30H,9-10,13H2,1-3H3. The highest BCUT2D eigenvalue weighted by Gasteiger charge is 2.56. The number of aromatic nitrogens is 4. The summed E-state index contributed by atoms with van der Waals surface area (Å²) in [6.45, 7) is 5.95. The third-order valence-corrected chi connectivity index (χ3v) is 6.53. The van der Waals surface area contributed by atoms with Crippen molar-refractivity contribution in [2.75, 3.05) is 0 Å². The molecular weight excluding hydrogens is 397 g/mol. The van der Waals surface area contributed by atoms with Crippen LogP contribution in [0.1, 0.15) is 38.8 Å². The molecule has 2 aliphatic rings. The number of aryl methyl sites for hydroxylation is 1. The van der Waals surface area contributed by atoms with Crippen molar-refractivity contribution in [2.24, 2.45) is 0 Å². The maximum absolute atomic E-state index is 15.1. The van der Waals surface area contributed by atoms with E-state index in [9.17, 15) is 5.11 Å². The number of rotatable bonds is 4. The average Bonchev–Trinajstić information content (AvgIpc) is 3.29. The Hall–Kier alpha value is -3.00. The highest BCUT2D eigenvalue weighted by Crippen LogP contribution is 2.44. The molecule has 0 aliphatic carbocycles. The summed E-state index contributed by atoms with van der Waals surface area (Å²) in [5.74, 6) is 0.362. The van der Waals surface area contributed by atoms with Gasteiger partial charge < -0.3 is 15.2 Å². The number of benzene rings is 1. The molecule has 2 bridgehead atoms. The summed E-state index contributed by atoms with van der Waals surface area (Å²) in [6.07, 6.45) is 2.46. The number of phenolic OH excluding ortho intramolecular Hbond substituents is 1. The molecule has 4 heterocycles. The van der Waals surface area contributed by atoms with Crippen LogP contribution in [0.15, 0.2) is 42.6 Å². The van der Waals surface area contributed by atoms with Gasteiger partial charge in [0.1, 0.15) is 11.9 Å². The second-order valence-corrected chi connectivity index (χ2v) is 9.23. The number of nitrogens with zero attached hydrogens (tertiary/aromatic N) is 4. The number of alkyl halides is 1. The molecule has 0 amide bonds. The third-order valence-electron chi connectivity index (χ3n) is 6.53. The summed E-state index contributed by atoms with van der Waals surface area (Å²) in [6, 6.07) is 10.6. The van der Waals surface area contributed by atoms with Crippen LogP contribution in [0.25, 0.3) is 16.9 Å². The summed E-state index contributed by atoms with van der Waals surface area (Å²) >= 11 is 0. The lowest BCUT2D eigenvalue weighted by Crippen LogP contribution is -2.63. The predicted octanol–water partition coefficient (Wildman–Crippen LogP) is 3.73. The number of phenols is 1. The van der Waals surface area contributed by atoms with Crippen LogP contribution in [0.5, 0.6) is 11.6 Å². The van der Waals surface area contributed by atoms with E-state index in [1.807, 2.05) is 32.2 Å². The first-order chi connectivity index (χ1) is 14.7. The molecule has 31 heavy (non-hydrogen) atoms. The Balaban J connectivity index is 1.34. The van der Waals surface area contributed by atoms with Crippen LogP contribution in [-0.2, 0) is 0 Å². The van der Waals surface area contributed by atoms with E-state index in [-0.39, 0.29) is 17.2 Å². The molecule has 5 rings (SSSR count). The molecule has 4 unspecified atom stereocenters. The van der Waals surface area contributed by atoms with Gasteiger partial charge in [-0.3, -0.25) is 0 Å². The van der Waals surface area contributed by atoms with E-state index >= 15 is 4.39 Å². The number of ether oxygens (including phenoxy) is 1. The molecule has 0 spiro atoms. The molecule has 7 nitrogen and oxygen atoms in total. The second kappa shape index (κ2) is 7.02. The predicted molar refractivity (Wildman–Crippen MR) is 114 cm³/mol. The van der Waals surface area contributed by atoms with Crippen molar-refractivity contribution in [3.8, 4) is 28.6 Å². The van der Waals surface area contributed by atoms with Gasteiger partial charge in [0.25, 0.3) is 0 Å². The van der Waals surface area contributed by atoms with Crippen molar-refractivity contribution in [3.05, 3.63) is 48.3 Å². The zero-order chi connectivity index (χ0) is 21.8. The fourth-order valence-corrected chi connectivity index (χ4v) is 4.89. The van der Waals surface area contributed by atoms with Crippen molar-refractivity contribution in [2.45, 2.75) is 63.4 Å². The lowest BCUT2D eigenvalue weighted by atomic mass is 9.85. The van der Waals surface area contributed by atoms with Crippen LogP contribution in [0.4, 0.5) is 4.39 Å². The van der Waals surface area contributed by atoms with Gasteiger partial charge in [0, 0.05) is 35.9 Å². The first-order valence-corrected chi connectivity index (χ1v) is 10.5. The first-order valence-electron chi connectivity index (χ1n) is 10.5. The van der Waals surface area contributed by atoms with Crippen LogP contribution in [0.2, 0.25) is 0 Å². The Morgan fingerprint density at radius 2 is 2.00 bits per heavy atom. The Kier molecular flexibility index (Phi) is 4.51. The number of aromatic hydroxyl groups is 1. The van der Waals surface area contributed by atoms with Gasteiger partial charge in [-0.25, -0.2) is 9.07 Å². The van der Waals surface area contributed by atoms with Gasteiger partial charge in [-0.2, -0.15) is 5.10 Å². The highest BCUT2D eigenvalue weighted by atomic mass is 19.1. The molecule has 3 aromatic rings. The van der Waals surface area contributed by atoms with Crippen molar-refractivity contribution in [1.29, 1.82) is 0 Å². The van der Waals surface area contributed by atoms with Crippen LogP contribution in [-0.4, -0.2) is 48.4 Å². The van der Waals surface area contributed by atoms with Gasteiger partial charge in [-0.15, -0.1) is 10.2 Å². The quantitative estimate of drug-likeness (QED) is 0.665. The van der Waals surface area contributed by atoms with Gasteiger partial charge in [-0.1, -0.05) is 0 Å². The van der Waals surface area contributed by atoms with Crippen molar-refractivity contribution in [3.63, 3.8) is 0 Å². The van der Waals surface area contributed by atoms with E-state index in [0.717, 1.165) is 24.2 Å². The number of halogens is 1. The third kappa shape index (κ3) is 3.54. The molecule has 8 heteroatoms. The Morgan fingerprint density at radius 1 is 1.16 bits per heavy atom. The highest BCUT2D eigenvalue weighted by molar-refractivity contribution is 5.68. The molecule has 2 N–H and O–H groups in total. The Morgan fingerprint density at radius 3 is 2.68 bits per heavy atom. The molecule has 2 aliphatic heterocycles. The SMILES string of the molecule is Cc1ccn(-c2ccc(-c3ccc(OC4CC5(C)CCC(C)(N5)C4F)nn3)c(O)c2)n1. The van der Waals surface area contributed by atoms with E-state index in [1.54, 1.807) is 28.9 Å². The molecular formula is C23H26FN5O2. The van der Waals surface area contributed by atoms with Gasteiger partial charge in [0.15, 0.2) is 6.17 Å². The maximum Gasteiger partial charge on any atom is 0.233 e. The molecule has 1 aromatic carbocycles.